The lowest BCUT2D eigenvalue weighted by Crippen LogP contribution is -2.46. The number of carbonyl (C=O) groups excluding carboxylic acids is 2. The zero-order valence-electron chi connectivity index (χ0n) is 18.3. The van der Waals surface area contributed by atoms with Crippen LogP contribution in [0.5, 0.6) is 5.75 Å². The van der Waals surface area contributed by atoms with Crippen molar-refractivity contribution in [3.8, 4) is 5.75 Å². The van der Waals surface area contributed by atoms with Gasteiger partial charge < -0.3 is 24.6 Å². The maximum absolute atomic E-state index is 12.2. The summed E-state index contributed by atoms with van der Waals surface area (Å²) in [5.41, 5.74) is 2.20. The average Bonchev–Trinajstić information content (AvgIpc) is 2.82. The van der Waals surface area contributed by atoms with E-state index in [0.717, 1.165) is 44.8 Å². The molecular weight excluding hydrogens is 394 g/mol. The van der Waals surface area contributed by atoms with Crippen LogP contribution < -0.4 is 15.0 Å². The van der Waals surface area contributed by atoms with Crippen LogP contribution in [0.3, 0.4) is 0 Å². The number of rotatable bonds is 9. The molecule has 3 rings (SSSR count). The van der Waals surface area contributed by atoms with Gasteiger partial charge >= 0.3 is 5.97 Å². The molecule has 7 heteroatoms. The van der Waals surface area contributed by atoms with E-state index in [0.29, 0.717) is 23.6 Å². The Bertz CT molecular complexity index is 844. The summed E-state index contributed by atoms with van der Waals surface area (Å²) in [7, 11) is 0. The number of esters is 1. The van der Waals surface area contributed by atoms with Crippen LogP contribution in [0.2, 0.25) is 0 Å². The van der Waals surface area contributed by atoms with Crippen LogP contribution in [-0.2, 0) is 9.53 Å². The molecule has 1 aliphatic heterocycles. The molecule has 2 aromatic carbocycles. The van der Waals surface area contributed by atoms with Crippen molar-refractivity contribution in [2.75, 3.05) is 56.2 Å². The number of hydrogen-bond donors (Lipinski definition) is 1. The smallest absolute Gasteiger partial charge is 0.338 e. The standard InChI is InChI=1S/C24H31N3O4/c1-3-17-30-22-11-5-19(6-12-22)24(29)31-18-23(28)25-20-7-9-21(10-8-20)27-15-13-26(4-2)14-16-27/h5-12H,3-4,13-18H2,1-2H3,(H,25,28). The van der Waals surface area contributed by atoms with E-state index in [2.05, 4.69) is 22.0 Å². The molecule has 166 valence electrons. The largest absolute Gasteiger partial charge is 0.494 e. The van der Waals surface area contributed by atoms with Gasteiger partial charge in [0.15, 0.2) is 6.61 Å². The molecule has 1 aliphatic rings. The number of carbonyl (C=O) groups is 2. The Kier molecular flexibility index (Phi) is 8.29. The summed E-state index contributed by atoms with van der Waals surface area (Å²) in [4.78, 5) is 29.1. The number of anilines is 2. The summed E-state index contributed by atoms with van der Waals surface area (Å²) in [5, 5.41) is 2.76. The highest BCUT2D eigenvalue weighted by atomic mass is 16.5. The SMILES string of the molecule is CCCOc1ccc(C(=O)OCC(=O)Nc2ccc(N3CCN(CC)CC3)cc2)cc1. The lowest BCUT2D eigenvalue weighted by molar-refractivity contribution is -0.119. The first-order valence-corrected chi connectivity index (χ1v) is 10.9. The van der Waals surface area contributed by atoms with E-state index < -0.39 is 5.97 Å². The highest BCUT2D eigenvalue weighted by Gasteiger charge is 2.16. The van der Waals surface area contributed by atoms with Crippen molar-refractivity contribution in [3.63, 3.8) is 0 Å². The first-order chi connectivity index (χ1) is 15.1. The second-order valence-corrected chi connectivity index (χ2v) is 7.47. The van der Waals surface area contributed by atoms with Crippen LogP contribution >= 0.6 is 0 Å². The molecule has 0 aliphatic carbocycles. The van der Waals surface area contributed by atoms with Crippen LogP contribution in [-0.4, -0.2) is 62.7 Å². The van der Waals surface area contributed by atoms with Gasteiger partial charge in [-0.05, 0) is 61.5 Å². The molecule has 0 aromatic heterocycles. The summed E-state index contributed by atoms with van der Waals surface area (Å²) < 4.78 is 10.6. The third kappa shape index (κ3) is 6.72. The highest BCUT2D eigenvalue weighted by molar-refractivity contribution is 5.95. The number of nitrogens with zero attached hydrogens (tertiary/aromatic N) is 2. The zero-order valence-corrected chi connectivity index (χ0v) is 18.3. The minimum Gasteiger partial charge on any atom is -0.494 e. The lowest BCUT2D eigenvalue weighted by atomic mass is 10.2. The Morgan fingerprint density at radius 3 is 2.23 bits per heavy atom. The molecule has 31 heavy (non-hydrogen) atoms. The molecule has 0 spiro atoms. The molecule has 0 bridgehead atoms. The van der Waals surface area contributed by atoms with Crippen molar-refractivity contribution in [2.45, 2.75) is 20.3 Å². The molecule has 2 aromatic rings. The van der Waals surface area contributed by atoms with Crippen LogP contribution in [0.4, 0.5) is 11.4 Å². The Balaban J connectivity index is 1.43. The van der Waals surface area contributed by atoms with Gasteiger partial charge in [-0.1, -0.05) is 13.8 Å². The normalized spacial score (nSPS) is 14.2. The molecule has 1 heterocycles. The first-order valence-electron chi connectivity index (χ1n) is 10.9. The fourth-order valence-electron chi connectivity index (χ4n) is 3.40. The van der Waals surface area contributed by atoms with E-state index >= 15 is 0 Å². The molecule has 1 fully saturated rings. The van der Waals surface area contributed by atoms with Crippen LogP contribution in [0.25, 0.3) is 0 Å². The molecule has 1 amide bonds. The maximum atomic E-state index is 12.2. The summed E-state index contributed by atoms with van der Waals surface area (Å²) in [6.07, 6.45) is 0.914. The predicted octanol–water partition coefficient (Wildman–Crippen LogP) is 3.41. The summed E-state index contributed by atoms with van der Waals surface area (Å²) in [5.74, 6) is -0.217. The van der Waals surface area contributed by atoms with Crippen LogP contribution in [0.15, 0.2) is 48.5 Å². The van der Waals surface area contributed by atoms with Crippen molar-refractivity contribution in [2.24, 2.45) is 0 Å². The van der Waals surface area contributed by atoms with Gasteiger partial charge in [0.25, 0.3) is 5.91 Å². The van der Waals surface area contributed by atoms with Gasteiger partial charge in [-0.15, -0.1) is 0 Å². The fourth-order valence-corrected chi connectivity index (χ4v) is 3.40. The third-order valence-corrected chi connectivity index (χ3v) is 5.23. The molecule has 0 atom stereocenters. The highest BCUT2D eigenvalue weighted by Crippen LogP contribution is 2.19. The maximum Gasteiger partial charge on any atom is 0.338 e. The van der Waals surface area contributed by atoms with Crippen LogP contribution in [0.1, 0.15) is 30.6 Å². The molecule has 0 unspecified atom stereocenters. The van der Waals surface area contributed by atoms with Crippen molar-refractivity contribution in [3.05, 3.63) is 54.1 Å². The number of ether oxygens (including phenoxy) is 2. The Labute approximate surface area is 183 Å². The summed E-state index contributed by atoms with van der Waals surface area (Å²) >= 11 is 0. The van der Waals surface area contributed by atoms with Gasteiger partial charge in [-0.25, -0.2) is 4.79 Å². The average molecular weight is 426 g/mol. The molecule has 7 nitrogen and oxygen atoms in total. The second kappa shape index (κ2) is 11.4. The van der Waals surface area contributed by atoms with E-state index in [-0.39, 0.29) is 12.5 Å². The van der Waals surface area contributed by atoms with Crippen LogP contribution in [0, 0.1) is 0 Å². The topological polar surface area (TPSA) is 71.1 Å². The molecular formula is C24H31N3O4. The van der Waals surface area contributed by atoms with Gasteiger partial charge in [0, 0.05) is 37.6 Å². The van der Waals surface area contributed by atoms with Crippen molar-refractivity contribution < 1.29 is 19.1 Å². The summed E-state index contributed by atoms with van der Waals surface area (Å²) in [6, 6.07) is 14.4. The van der Waals surface area contributed by atoms with E-state index in [1.807, 2.05) is 31.2 Å². The van der Waals surface area contributed by atoms with Crippen molar-refractivity contribution in [1.29, 1.82) is 0 Å². The molecule has 1 saturated heterocycles. The minimum atomic E-state index is -0.543. The Hall–Kier alpha value is -3.06. The fraction of sp³-hybridized carbons (Fsp3) is 0.417. The molecule has 0 saturated carbocycles. The predicted molar refractivity (Wildman–Crippen MR) is 122 cm³/mol. The van der Waals surface area contributed by atoms with Crippen molar-refractivity contribution >= 4 is 23.3 Å². The lowest BCUT2D eigenvalue weighted by Gasteiger charge is -2.35. The number of benzene rings is 2. The van der Waals surface area contributed by atoms with E-state index in [9.17, 15) is 9.59 Å². The number of nitrogens with one attached hydrogen (secondary N) is 1. The zero-order chi connectivity index (χ0) is 22.1. The number of hydrogen-bond acceptors (Lipinski definition) is 6. The monoisotopic (exact) mass is 425 g/mol. The van der Waals surface area contributed by atoms with Gasteiger partial charge in [-0.3, -0.25) is 4.79 Å². The van der Waals surface area contributed by atoms with Crippen molar-refractivity contribution in [1.82, 2.24) is 4.90 Å². The van der Waals surface area contributed by atoms with Gasteiger partial charge in [0.05, 0.1) is 12.2 Å². The third-order valence-electron chi connectivity index (χ3n) is 5.23. The quantitative estimate of drug-likeness (QED) is 0.621. The molecule has 0 radical (unpaired) electrons. The minimum absolute atomic E-state index is 0.340. The number of piperazine rings is 1. The van der Waals surface area contributed by atoms with Gasteiger partial charge in [0.1, 0.15) is 5.75 Å². The Morgan fingerprint density at radius 1 is 0.935 bits per heavy atom. The summed E-state index contributed by atoms with van der Waals surface area (Å²) in [6.45, 7) is 9.71. The van der Waals surface area contributed by atoms with Gasteiger partial charge in [0.2, 0.25) is 0 Å². The van der Waals surface area contributed by atoms with E-state index in [1.54, 1.807) is 24.3 Å². The number of amides is 1. The molecule has 1 N–H and O–H groups in total. The van der Waals surface area contributed by atoms with Gasteiger partial charge in [-0.2, -0.15) is 0 Å². The van der Waals surface area contributed by atoms with E-state index in [1.165, 1.54) is 0 Å². The second-order valence-electron chi connectivity index (χ2n) is 7.47. The first kappa shape index (κ1) is 22.6. The van der Waals surface area contributed by atoms with E-state index in [4.69, 9.17) is 9.47 Å². The Morgan fingerprint density at radius 2 is 1.61 bits per heavy atom. The number of likely N-dealkylation sites (N-methyl/N-ethyl adjacent to an activating group) is 1.